The lowest BCUT2D eigenvalue weighted by molar-refractivity contribution is -0.148. The molecule has 0 bridgehead atoms. The number of alkyl halides is 3. The Labute approximate surface area is 136 Å². The molecule has 0 aliphatic carbocycles. The van der Waals surface area contributed by atoms with Gasteiger partial charge in [-0.2, -0.15) is 13.2 Å². The molecule has 22 heavy (non-hydrogen) atoms. The van der Waals surface area contributed by atoms with Crippen molar-refractivity contribution in [2.45, 2.75) is 25.6 Å². The maximum atomic E-state index is 13.1. The molecule has 2 rings (SSSR count). The summed E-state index contributed by atoms with van der Waals surface area (Å²) in [5.74, 6) is 0.526. The zero-order chi connectivity index (χ0) is 16.2. The molecular weight excluding hydrogens is 361 g/mol. The van der Waals surface area contributed by atoms with Gasteiger partial charge in [-0.05, 0) is 25.1 Å². The first-order valence-electron chi connectivity index (χ1n) is 7.34. The molecule has 1 N–H and O–H groups in total. The highest BCUT2D eigenvalue weighted by molar-refractivity contribution is 9.10. The summed E-state index contributed by atoms with van der Waals surface area (Å²) >= 11 is 3.35. The highest BCUT2D eigenvalue weighted by Crippen LogP contribution is 2.39. The van der Waals surface area contributed by atoms with E-state index in [-0.39, 0.29) is 0 Å². The van der Waals surface area contributed by atoms with Gasteiger partial charge in [-0.3, -0.25) is 4.90 Å². The predicted molar refractivity (Wildman–Crippen MR) is 83.2 cm³/mol. The van der Waals surface area contributed by atoms with Crippen LogP contribution in [0.5, 0.6) is 5.75 Å². The Morgan fingerprint density at radius 3 is 2.59 bits per heavy atom. The van der Waals surface area contributed by atoms with Crippen LogP contribution in [0.15, 0.2) is 22.7 Å². The molecule has 1 aromatic carbocycles. The summed E-state index contributed by atoms with van der Waals surface area (Å²) in [6.45, 7) is 4.85. The van der Waals surface area contributed by atoms with Crippen molar-refractivity contribution in [1.29, 1.82) is 0 Å². The van der Waals surface area contributed by atoms with Crippen molar-refractivity contribution < 1.29 is 17.9 Å². The second-order valence-electron chi connectivity index (χ2n) is 5.24. The minimum absolute atomic E-state index is 0.426. The molecular formula is C15H20BrF3N2O. The third-order valence-electron chi connectivity index (χ3n) is 3.65. The molecule has 1 aliphatic rings. The lowest BCUT2D eigenvalue weighted by Crippen LogP contribution is -2.46. The van der Waals surface area contributed by atoms with Crippen molar-refractivity contribution in [2.24, 2.45) is 0 Å². The number of hydrogen-bond acceptors (Lipinski definition) is 3. The fourth-order valence-corrected chi connectivity index (χ4v) is 3.09. The number of ether oxygens (including phenoxy) is 1. The summed E-state index contributed by atoms with van der Waals surface area (Å²) in [6, 6.07) is 4.54. The van der Waals surface area contributed by atoms with E-state index in [1.807, 2.05) is 11.8 Å². The Kier molecular flexibility index (Phi) is 6.11. The molecule has 0 unspecified atom stereocenters. The standard InChI is InChI=1S/C15H20BrF3N2O/c1-2-22-14-4-3-11(16)9-12(14)13(10-15(17,18)19)21-7-5-20-6-8-21/h3-4,9,13,20H,2,5-8,10H2,1H3/t13-/m1/s1. The number of benzene rings is 1. The lowest BCUT2D eigenvalue weighted by Gasteiger charge is -2.36. The van der Waals surface area contributed by atoms with Gasteiger partial charge >= 0.3 is 6.18 Å². The highest BCUT2D eigenvalue weighted by atomic mass is 79.9. The number of rotatable bonds is 5. The number of nitrogens with zero attached hydrogens (tertiary/aromatic N) is 1. The molecule has 0 aromatic heterocycles. The molecule has 3 nitrogen and oxygen atoms in total. The van der Waals surface area contributed by atoms with Gasteiger partial charge < -0.3 is 10.1 Å². The minimum atomic E-state index is -4.22. The maximum absolute atomic E-state index is 13.1. The van der Waals surface area contributed by atoms with Crippen LogP contribution in [0.1, 0.15) is 24.9 Å². The molecule has 1 atom stereocenters. The average molecular weight is 381 g/mol. The van der Waals surface area contributed by atoms with Gasteiger partial charge in [-0.15, -0.1) is 0 Å². The summed E-state index contributed by atoms with van der Waals surface area (Å²) in [6.07, 6.45) is -5.09. The summed E-state index contributed by atoms with van der Waals surface area (Å²) < 4.78 is 45.5. The van der Waals surface area contributed by atoms with Crippen LogP contribution in [-0.4, -0.2) is 43.9 Å². The second kappa shape index (κ2) is 7.66. The molecule has 7 heteroatoms. The van der Waals surface area contributed by atoms with E-state index in [0.717, 1.165) is 4.47 Å². The third kappa shape index (κ3) is 4.86. The van der Waals surface area contributed by atoms with Crippen molar-refractivity contribution in [1.82, 2.24) is 10.2 Å². The van der Waals surface area contributed by atoms with E-state index < -0.39 is 18.6 Å². The Morgan fingerprint density at radius 1 is 1.32 bits per heavy atom. The number of hydrogen-bond donors (Lipinski definition) is 1. The molecule has 0 radical (unpaired) electrons. The lowest BCUT2D eigenvalue weighted by atomic mass is 9.99. The summed E-state index contributed by atoms with van der Waals surface area (Å²) in [5.41, 5.74) is 0.593. The van der Waals surface area contributed by atoms with Crippen molar-refractivity contribution in [3.05, 3.63) is 28.2 Å². The van der Waals surface area contributed by atoms with E-state index in [1.54, 1.807) is 18.2 Å². The van der Waals surface area contributed by atoms with Gasteiger partial charge in [0.05, 0.1) is 13.0 Å². The fraction of sp³-hybridized carbons (Fsp3) is 0.600. The highest BCUT2D eigenvalue weighted by Gasteiger charge is 2.37. The Hall–Kier alpha value is -0.790. The normalized spacial score (nSPS) is 18.2. The van der Waals surface area contributed by atoms with Crippen molar-refractivity contribution in [2.75, 3.05) is 32.8 Å². The van der Waals surface area contributed by atoms with E-state index in [0.29, 0.717) is 44.1 Å². The molecule has 1 fully saturated rings. The Morgan fingerprint density at radius 2 is 2.00 bits per heavy atom. The number of halogens is 4. The van der Waals surface area contributed by atoms with E-state index in [1.165, 1.54) is 0 Å². The van der Waals surface area contributed by atoms with Gasteiger partial charge in [-0.25, -0.2) is 0 Å². The zero-order valence-electron chi connectivity index (χ0n) is 12.4. The molecule has 1 aromatic rings. The van der Waals surface area contributed by atoms with Gasteiger partial charge in [-0.1, -0.05) is 15.9 Å². The van der Waals surface area contributed by atoms with Crippen LogP contribution < -0.4 is 10.1 Å². The summed E-state index contributed by atoms with van der Waals surface area (Å²) in [7, 11) is 0. The summed E-state index contributed by atoms with van der Waals surface area (Å²) in [4.78, 5) is 1.88. The predicted octanol–water partition coefficient (Wildman–Crippen LogP) is 3.75. The quantitative estimate of drug-likeness (QED) is 0.841. The zero-order valence-corrected chi connectivity index (χ0v) is 14.0. The van der Waals surface area contributed by atoms with Gasteiger partial charge in [0.15, 0.2) is 0 Å². The van der Waals surface area contributed by atoms with Gasteiger partial charge in [0.2, 0.25) is 0 Å². The smallest absolute Gasteiger partial charge is 0.390 e. The van der Waals surface area contributed by atoms with Crippen LogP contribution in [0.2, 0.25) is 0 Å². The molecule has 0 amide bonds. The van der Waals surface area contributed by atoms with Gasteiger partial charge in [0.1, 0.15) is 5.75 Å². The van der Waals surface area contributed by atoms with Gasteiger partial charge in [0, 0.05) is 42.3 Å². The van der Waals surface area contributed by atoms with E-state index in [2.05, 4.69) is 21.2 Å². The molecule has 0 saturated carbocycles. The van der Waals surface area contributed by atoms with Crippen LogP contribution in [0, 0.1) is 0 Å². The molecule has 1 aliphatic heterocycles. The maximum Gasteiger partial charge on any atom is 0.390 e. The first-order chi connectivity index (χ1) is 10.4. The SMILES string of the molecule is CCOc1ccc(Br)cc1[C@@H](CC(F)(F)F)N1CCNCC1. The van der Waals surface area contributed by atoms with Crippen LogP contribution in [0.25, 0.3) is 0 Å². The molecule has 1 heterocycles. The van der Waals surface area contributed by atoms with Crippen LogP contribution >= 0.6 is 15.9 Å². The first-order valence-corrected chi connectivity index (χ1v) is 8.14. The topological polar surface area (TPSA) is 24.5 Å². The summed E-state index contributed by atoms with van der Waals surface area (Å²) in [5, 5.41) is 3.17. The van der Waals surface area contributed by atoms with Crippen LogP contribution in [0.3, 0.4) is 0 Å². The molecule has 0 spiro atoms. The van der Waals surface area contributed by atoms with E-state index in [4.69, 9.17) is 4.74 Å². The minimum Gasteiger partial charge on any atom is -0.494 e. The average Bonchev–Trinajstić information content (AvgIpc) is 2.47. The Bertz CT molecular complexity index is 490. The molecule has 124 valence electrons. The van der Waals surface area contributed by atoms with Crippen molar-refractivity contribution >= 4 is 15.9 Å². The van der Waals surface area contributed by atoms with E-state index >= 15 is 0 Å². The van der Waals surface area contributed by atoms with Crippen molar-refractivity contribution in [3.63, 3.8) is 0 Å². The monoisotopic (exact) mass is 380 g/mol. The largest absolute Gasteiger partial charge is 0.494 e. The fourth-order valence-electron chi connectivity index (χ4n) is 2.72. The van der Waals surface area contributed by atoms with Crippen LogP contribution in [0.4, 0.5) is 13.2 Å². The van der Waals surface area contributed by atoms with Crippen molar-refractivity contribution in [3.8, 4) is 5.75 Å². The number of nitrogens with one attached hydrogen (secondary N) is 1. The number of piperazine rings is 1. The third-order valence-corrected chi connectivity index (χ3v) is 4.14. The van der Waals surface area contributed by atoms with E-state index in [9.17, 15) is 13.2 Å². The Balaban J connectivity index is 2.36. The van der Waals surface area contributed by atoms with Crippen LogP contribution in [-0.2, 0) is 0 Å². The second-order valence-corrected chi connectivity index (χ2v) is 6.15. The first kappa shape index (κ1) is 17.6. The van der Waals surface area contributed by atoms with Gasteiger partial charge in [0.25, 0.3) is 0 Å². The molecule has 1 saturated heterocycles.